The number of nitrogens with two attached hydrogens (primary N) is 1. The van der Waals surface area contributed by atoms with Gasteiger partial charge < -0.3 is 5.73 Å². The minimum Gasteiger partial charge on any atom is -0.398 e. The van der Waals surface area contributed by atoms with Crippen LogP contribution in [0.25, 0.3) is 0 Å². The summed E-state index contributed by atoms with van der Waals surface area (Å²) in [5, 5.41) is 0. The van der Waals surface area contributed by atoms with E-state index in [9.17, 15) is 8.42 Å². The Labute approximate surface area is 115 Å². The van der Waals surface area contributed by atoms with Gasteiger partial charge in [0, 0.05) is 5.69 Å². The summed E-state index contributed by atoms with van der Waals surface area (Å²) in [7, 11) is -3.20. The fraction of sp³-hybridized carbons (Fsp3) is 0.600. The average molecular weight is 279 g/mol. The molecule has 4 heteroatoms. The van der Waals surface area contributed by atoms with E-state index in [0.717, 1.165) is 12.3 Å². The Hall–Kier alpha value is -1.03. The Bertz CT molecular complexity index is 594. The average Bonchev–Trinajstić information content (AvgIpc) is 2.93. The molecular weight excluding hydrogens is 258 g/mol. The number of hydrogen-bond acceptors (Lipinski definition) is 3. The van der Waals surface area contributed by atoms with Crippen molar-refractivity contribution >= 4 is 15.5 Å². The summed E-state index contributed by atoms with van der Waals surface area (Å²) < 4.78 is 25.2. The highest BCUT2D eigenvalue weighted by Crippen LogP contribution is 2.49. The van der Waals surface area contributed by atoms with Gasteiger partial charge in [-0.1, -0.05) is 12.5 Å². The molecule has 0 aromatic heterocycles. The summed E-state index contributed by atoms with van der Waals surface area (Å²) in [5.41, 5.74) is 7.09. The van der Waals surface area contributed by atoms with Gasteiger partial charge in [0.1, 0.15) is 0 Å². The van der Waals surface area contributed by atoms with Gasteiger partial charge in [-0.25, -0.2) is 8.42 Å². The van der Waals surface area contributed by atoms with Crippen LogP contribution >= 0.6 is 0 Å². The molecule has 0 saturated heterocycles. The van der Waals surface area contributed by atoms with Gasteiger partial charge in [-0.15, -0.1) is 0 Å². The Kier molecular flexibility index (Phi) is 3.08. The largest absolute Gasteiger partial charge is 0.398 e. The standard InChI is InChI=1S/C15H21NO2S/c1-10-14(16)3-2-4-15(10)19(17,18)9-13-8-11-5-6-12(13)7-11/h2-4,11-13H,5-9,16H2,1H3. The fourth-order valence-corrected chi connectivity index (χ4v) is 5.94. The second-order valence-corrected chi connectivity index (χ2v) is 8.19. The Morgan fingerprint density at radius 3 is 2.68 bits per heavy atom. The molecule has 1 aromatic rings. The second kappa shape index (κ2) is 4.51. The summed E-state index contributed by atoms with van der Waals surface area (Å²) in [6.07, 6.45) is 4.88. The second-order valence-electron chi connectivity index (χ2n) is 6.19. The summed E-state index contributed by atoms with van der Waals surface area (Å²) in [5.74, 6) is 2.09. The first kappa shape index (κ1) is 13.0. The number of nitrogen functional groups attached to an aromatic ring is 1. The first-order chi connectivity index (χ1) is 8.97. The lowest BCUT2D eigenvalue weighted by molar-refractivity contribution is 0.360. The highest BCUT2D eigenvalue weighted by molar-refractivity contribution is 7.91. The zero-order valence-corrected chi connectivity index (χ0v) is 12.1. The van der Waals surface area contributed by atoms with Crippen LogP contribution in [0.2, 0.25) is 0 Å². The maximum Gasteiger partial charge on any atom is 0.178 e. The Morgan fingerprint density at radius 2 is 2.05 bits per heavy atom. The van der Waals surface area contributed by atoms with Crippen LogP contribution in [0, 0.1) is 24.7 Å². The molecule has 2 aliphatic rings. The lowest BCUT2D eigenvalue weighted by atomic mass is 9.90. The minimum absolute atomic E-state index is 0.304. The molecule has 2 saturated carbocycles. The van der Waals surface area contributed by atoms with Crippen molar-refractivity contribution in [2.75, 3.05) is 11.5 Å². The van der Waals surface area contributed by atoms with E-state index in [1.807, 2.05) is 0 Å². The van der Waals surface area contributed by atoms with E-state index in [4.69, 9.17) is 5.73 Å². The smallest absolute Gasteiger partial charge is 0.178 e. The topological polar surface area (TPSA) is 60.2 Å². The summed E-state index contributed by atoms with van der Waals surface area (Å²) in [6, 6.07) is 5.18. The lowest BCUT2D eigenvalue weighted by Crippen LogP contribution is -2.22. The van der Waals surface area contributed by atoms with E-state index in [1.165, 1.54) is 19.3 Å². The van der Waals surface area contributed by atoms with Crippen LogP contribution in [0.15, 0.2) is 23.1 Å². The first-order valence-corrected chi connectivity index (χ1v) is 8.70. The van der Waals surface area contributed by atoms with Gasteiger partial charge in [0.25, 0.3) is 0 Å². The third-order valence-corrected chi connectivity index (χ3v) is 6.96. The van der Waals surface area contributed by atoms with Crippen LogP contribution in [0.1, 0.15) is 31.2 Å². The molecule has 3 unspecified atom stereocenters. The van der Waals surface area contributed by atoms with E-state index in [2.05, 4.69) is 0 Å². The van der Waals surface area contributed by atoms with E-state index < -0.39 is 9.84 Å². The van der Waals surface area contributed by atoms with E-state index in [0.29, 0.717) is 33.7 Å². The van der Waals surface area contributed by atoms with Crippen molar-refractivity contribution in [1.29, 1.82) is 0 Å². The molecule has 0 amide bonds. The van der Waals surface area contributed by atoms with Crippen LogP contribution in [0.3, 0.4) is 0 Å². The van der Waals surface area contributed by atoms with Crippen molar-refractivity contribution in [3.63, 3.8) is 0 Å². The molecule has 2 aliphatic carbocycles. The number of benzene rings is 1. The van der Waals surface area contributed by atoms with Gasteiger partial charge in [0.05, 0.1) is 10.6 Å². The normalized spacial score (nSPS) is 29.8. The molecule has 3 nitrogen and oxygen atoms in total. The van der Waals surface area contributed by atoms with Crippen LogP contribution < -0.4 is 5.73 Å². The quantitative estimate of drug-likeness (QED) is 0.865. The van der Waals surface area contributed by atoms with Crippen molar-refractivity contribution < 1.29 is 8.42 Å². The maximum atomic E-state index is 12.6. The van der Waals surface area contributed by atoms with Crippen LogP contribution in [0.5, 0.6) is 0 Å². The molecule has 2 fully saturated rings. The lowest BCUT2D eigenvalue weighted by Gasteiger charge is -2.22. The third kappa shape index (κ3) is 2.27. The molecule has 2 N–H and O–H groups in total. The minimum atomic E-state index is -3.20. The van der Waals surface area contributed by atoms with Crippen LogP contribution in [-0.4, -0.2) is 14.2 Å². The van der Waals surface area contributed by atoms with Crippen molar-refractivity contribution in [3.05, 3.63) is 23.8 Å². The monoisotopic (exact) mass is 279 g/mol. The summed E-state index contributed by atoms with van der Waals surface area (Å²) in [4.78, 5) is 0.426. The first-order valence-electron chi connectivity index (χ1n) is 7.05. The maximum absolute atomic E-state index is 12.6. The highest BCUT2D eigenvalue weighted by Gasteiger charge is 2.41. The molecule has 3 atom stereocenters. The molecule has 0 spiro atoms. The van der Waals surface area contributed by atoms with Gasteiger partial charge in [-0.2, -0.15) is 0 Å². The zero-order valence-electron chi connectivity index (χ0n) is 11.3. The number of hydrogen-bond donors (Lipinski definition) is 1. The van der Waals surface area contributed by atoms with Gasteiger partial charge >= 0.3 is 0 Å². The predicted octanol–water partition coefficient (Wildman–Crippen LogP) is 2.79. The molecule has 0 heterocycles. The van der Waals surface area contributed by atoms with E-state index in [1.54, 1.807) is 25.1 Å². The Morgan fingerprint density at radius 1 is 1.26 bits per heavy atom. The van der Waals surface area contributed by atoms with E-state index >= 15 is 0 Å². The van der Waals surface area contributed by atoms with Crippen molar-refractivity contribution in [2.45, 2.75) is 37.5 Å². The van der Waals surface area contributed by atoms with Gasteiger partial charge in [-0.3, -0.25) is 0 Å². The molecule has 3 rings (SSSR count). The Balaban J connectivity index is 1.85. The number of anilines is 1. The third-order valence-electron chi connectivity index (χ3n) is 4.98. The van der Waals surface area contributed by atoms with Gasteiger partial charge in [0.2, 0.25) is 0 Å². The molecular formula is C15H21NO2S. The molecule has 2 bridgehead atoms. The van der Waals surface area contributed by atoms with Crippen molar-refractivity contribution in [2.24, 2.45) is 17.8 Å². The number of fused-ring (bicyclic) bond motifs is 2. The predicted molar refractivity (Wildman–Crippen MR) is 76.6 cm³/mol. The zero-order chi connectivity index (χ0) is 13.6. The van der Waals surface area contributed by atoms with Crippen molar-refractivity contribution in [1.82, 2.24) is 0 Å². The highest BCUT2D eigenvalue weighted by atomic mass is 32.2. The summed E-state index contributed by atoms with van der Waals surface area (Å²) in [6.45, 7) is 1.79. The molecule has 0 radical (unpaired) electrons. The van der Waals surface area contributed by atoms with Crippen LogP contribution in [-0.2, 0) is 9.84 Å². The fourth-order valence-electron chi connectivity index (χ4n) is 3.92. The molecule has 104 valence electrons. The van der Waals surface area contributed by atoms with Crippen molar-refractivity contribution in [3.8, 4) is 0 Å². The van der Waals surface area contributed by atoms with Crippen LogP contribution in [0.4, 0.5) is 5.69 Å². The number of sulfone groups is 1. The van der Waals surface area contributed by atoms with E-state index in [-0.39, 0.29) is 0 Å². The van der Waals surface area contributed by atoms with Gasteiger partial charge in [0.15, 0.2) is 9.84 Å². The SMILES string of the molecule is Cc1c(N)cccc1S(=O)(=O)CC1CC2CCC1C2. The molecule has 0 aliphatic heterocycles. The molecule has 1 aromatic carbocycles. The van der Waals surface area contributed by atoms with Gasteiger partial charge in [-0.05, 0) is 61.6 Å². The number of rotatable bonds is 3. The summed E-state index contributed by atoms with van der Waals surface area (Å²) >= 11 is 0. The molecule has 19 heavy (non-hydrogen) atoms.